The predicted octanol–water partition coefficient (Wildman–Crippen LogP) is 0.845. The topological polar surface area (TPSA) is 83.6 Å². The summed E-state index contributed by atoms with van der Waals surface area (Å²) in [6.45, 7) is 3.25. The number of fused-ring (bicyclic) bond motifs is 1. The number of sulfonamides is 1. The third-order valence-corrected chi connectivity index (χ3v) is 6.78. The molecule has 1 heterocycles. The molecular formula is C15H22N2O3S. The lowest BCUT2D eigenvalue weighted by Gasteiger charge is -2.19. The van der Waals surface area contributed by atoms with Gasteiger partial charge in [0.2, 0.25) is 10.0 Å². The monoisotopic (exact) mass is 310 g/mol. The number of rotatable bonds is 3. The fourth-order valence-electron chi connectivity index (χ4n) is 3.60. The molecule has 1 saturated carbocycles. The Balaban J connectivity index is 1.86. The van der Waals surface area contributed by atoms with Gasteiger partial charge in [0.05, 0.1) is 11.0 Å². The normalized spacial score (nSPS) is 29.8. The van der Waals surface area contributed by atoms with Gasteiger partial charge in [0.15, 0.2) is 0 Å². The van der Waals surface area contributed by atoms with E-state index >= 15 is 0 Å². The molecule has 2 fully saturated rings. The number of nitrogens with two attached hydrogens (primary N) is 1. The number of aliphatic hydroxyl groups excluding tert-OH is 1. The van der Waals surface area contributed by atoms with Gasteiger partial charge in [-0.05, 0) is 48.9 Å². The molecule has 0 amide bonds. The Bertz CT molecular complexity index is 644. The SMILES string of the molecule is Cc1cc(S(=O)(=O)N2CC3CCC(O)C3C2)ccc1CN. The molecule has 6 heteroatoms. The zero-order chi connectivity index (χ0) is 15.2. The van der Waals surface area contributed by atoms with Crippen LogP contribution in [0.3, 0.4) is 0 Å². The summed E-state index contributed by atoms with van der Waals surface area (Å²) in [6.07, 6.45) is 1.37. The Morgan fingerprint density at radius 2 is 2.10 bits per heavy atom. The lowest BCUT2D eigenvalue weighted by molar-refractivity contribution is 0.129. The molecule has 116 valence electrons. The van der Waals surface area contributed by atoms with Gasteiger partial charge in [0.25, 0.3) is 0 Å². The molecule has 0 radical (unpaired) electrons. The Kier molecular flexibility index (Phi) is 3.81. The van der Waals surface area contributed by atoms with Gasteiger partial charge in [-0.15, -0.1) is 0 Å². The Morgan fingerprint density at radius 3 is 2.71 bits per heavy atom. The van der Waals surface area contributed by atoms with Crippen molar-refractivity contribution in [3.63, 3.8) is 0 Å². The summed E-state index contributed by atoms with van der Waals surface area (Å²) >= 11 is 0. The molecule has 1 aromatic rings. The van der Waals surface area contributed by atoms with Gasteiger partial charge in [-0.1, -0.05) is 6.07 Å². The van der Waals surface area contributed by atoms with E-state index in [1.54, 1.807) is 18.2 Å². The van der Waals surface area contributed by atoms with E-state index in [0.29, 0.717) is 30.4 Å². The molecule has 0 bridgehead atoms. The summed E-state index contributed by atoms with van der Waals surface area (Å²) in [5.74, 6) is 0.406. The minimum Gasteiger partial charge on any atom is -0.393 e. The first kappa shape index (κ1) is 15.0. The molecule has 5 nitrogen and oxygen atoms in total. The number of hydrogen-bond acceptors (Lipinski definition) is 4. The van der Waals surface area contributed by atoms with E-state index < -0.39 is 10.0 Å². The Hall–Kier alpha value is -0.950. The van der Waals surface area contributed by atoms with Crippen LogP contribution in [0.1, 0.15) is 24.0 Å². The molecule has 1 aromatic carbocycles. The summed E-state index contributed by atoms with van der Waals surface area (Å²) in [4.78, 5) is 0.326. The van der Waals surface area contributed by atoms with Crippen molar-refractivity contribution in [2.75, 3.05) is 13.1 Å². The van der Waals surface area contributed by atoms with E-state index in [-0.39, 0.29) is 12.0 Å². The second-order valence-electron chi connectivity index (χ2n) is 6.18. The molecule has 0 spiro atoms. The highest BCUT2D eigenvalue weighted by molar-refractivity contribution is 7.89. The van der Waals surface area contributed by atoms with Crippen molar-refractivity contribution >= 4 is 10.0 Å². The molecule has 2 aliphatic rings. The van der Waals surface area contributed by atoms with Gasteiger partial charge >= 0.3 is 0 Å². The number of nitrogens with zero attached hydrogens (tertiary/aromatic N) is 1. The van der Waals surface area contributed by atoms with Gasteiger partial charge in [0.1, 0.15) is 0 Å². The van der Waals surface area contributed by atoms with Crippen molar-refractivity contribution in [2.45, 2.75) is 37.3 Å². The summed E-state index contributed by atoms with van der Waals surface area (Å²) in [5, 5.41) is 9.93. The lowest BCUT2D eigenvalue weighted by Crippen LogP contribution is -2.31. The molecule has 0 aromatic heterocycles. The number of aryl methyl sites for hydroxylation is 1. The van der Waals surface area contributed by atoms with Crippen LogP contribution in [0.2, 0.25) is 0 Å². The highest BCUT2D eigenvalue weighted by Crippen LogP contribution is 2.40. The van der Waals surface area contributed by atoms with Gasteiger partial charge in [-0.2, -0.15) is 4.31 Å². The van der Waals surface area contributed by atoms with E-state index in [2.05, 4.69) is 0 Å². The van der Waals surface area contributed by atoms with Gasteiger partial charge in [-0.25, -0.2) is 8.42 Å². The van der Waals surface area contributed by atoms with Crippen molar-refractivity contribution < 1.29 is 13.5 Å². The summed E-state index contributed by atoms with van der Waals surface area (Å²) in [7, 11) is -3.47. The average Bonchev–Trinajstić information content (AvgIpc) is 3.02. The molecule has 1 aliphatic heterocycles. The van der Waals surface area contributed by atoms with Crippen molar-refractivity contribution in [3.05, 3.63) is 29.3 Å². The Labute approximate surface area is 125 Å². The highest BCUT2D eigenvalue weighted by Gasteiger charge is 2.45. The minimum absolute atomic E-state index is 0.101. The zero-order valence-electron chi connectivity index (χ0n) is 12.2. The van der Waals surface area contributed by atoms with Crippen LogP contribution < -0.4 is 5.73 Å². The van der Waals surface area contributed by atoms with Crippen molar-refractivity contribution in [1.29, 1.82) is 0 Å². The van der Waals surface area contributed by atoms with Crippen LogP contribution in [0.15, 0.2) is 23.1 Å². The summed E-state index contributed by atoms with van der Waals surface area (Å²) in [6, 6.07) is 5.12. The number of aliphatic hydroxyl groups is 1. The molecule has 3 rings (SSSR count). The van der Waals surface area contributed by atoms with Crippen LogP contribution in [-0.4, -0.2) is 37.0 Å². The van der Waals surface area contributed by atoms with E-state index in [1.165, 1.54) is 4.31 Å². The summed E-state index contributed by atoms with van der Waals surface area (Å²) in [5.41, 5.74) is 7.48. The van der Waals surface area contributed by atoms with Crippen molar-refractivity contribution in [2.24, 2.45) is 17.6 Å². The largest absolute Gasteiger partial charge is 0.393 e. The maximum atomic E-state index is 12.7. The van der Waals surface area contributed by atoms with Crippen LogP contribution in [0.5, 0.6) is 0 Å². The molecular weight excluding hydrogens is 288 g/mol. The maximum Gasteiger partial charge on any atom is 0.243 e. The van der Waals surface area contributed by atoms with Crippen LogP contribution in [-0.2, 0) is 16.6 Å². The van der Waals surface area contributed by atoms with E-state index in [1.807, 2.05) is 6.92 Å². The fraction of sp³-hybridized carbons (Fsp3) is 0.600. The zero-order valence-corrected chi connectivity index (χ0v) is 13.0. The van der Waals surface area contributed by atoms with E-state index in [0.717, 1.165) is 24.0 Å². The van der Waals surface area contributed by atoms with Crippen molar-refractivity contribution in [1.82, 2.24) is 4.31 Å². The first-order valence-electron chi connectivity index (χ1n) is 7.41. The Morgan fingerprint density at radius 1 is 1.33 bits per heavy atom. The van der Waals surface area contributed by atoms with Crippen LogP contribution in [0.25, 0.3) is 0 Å². The molecule has 1 aliphatic carbocycles. The standard InChI is InChI=1S/C15H22N2O3S/c1-10-6-13(4-2-11(10)7-16)21(19,20)17-8-12-3-5-15(18)14(12)9-17/h2,4,6,12,14-15,18H,3,5,7-9,16H2,1H3. The highest BCUT2D eigenvalue weighted by atomic mass is 32.2. The molecule has 1 saturated heterocycles. The molecule has 3 atom stereocenters. The van der Waals surface area contributed by atoms with Crippen LogP contribution >= 0.6 is 0 Å². The van der Waals surface area contributed by atoms with Gasteiger partial charge in [0, 0.05) is 25.6 Å². The molecule has 21 heavy (non-hydrogen) atoms. The minimum atomic E-state index is -3.47. The van der Waals surface area contributed by atoms with E-state index in [4.69, 9.17) is 5.73 Å². The maximum absolute atomic E-state index is 12.7. The smallest absolute Gasteiger partial charge is 0.243 e. The molecule has 3 N–H and O–H groups in total. The number of hydrogen-bond donors (Lipinski definition) is 2. The third-order valence-electron chi connectivity index (χ3n) is 4.96. The second kappa shape index (κ2) is 5.35. The van der Waals surface area contributed by atoms with Gasteiger partial charge < -0.3 is 10.8 Å². The van der Waals surface area contributed by atoms with Crippen molar-refractivity contribution in [3.8, 4) is 0 Å². The fourth-order valence-corrected chi connectivity index (χ4v) is 5.22. The lowest BCUT2D eigenvalue weighted by atomic mass is 10.00. The summed E-state index contributed by atoms with van der Waals surface area (Å²) < 4.78 is 27.0. The first-order valence-corrected chi connectivity index (χ1v) is 8.85. The van der Waals surface area contributed by atoms with Gasteiger partial charge in [-0.3, -0.25) is 0 Å². The average molecular weight is 310 g/mol. The van der Waals surface area contributed by atoms with Crippen LogP contribution in [0.4, 0.5) is 0 Å². The third kappa shape index (κ3) is 2.50. The predicted molar refractivity (Wildman–Crippen MR) is 80.1 cm³/mol. The van der Waals surface area contributed by atoms with E-state index in [9.17, 15) is 13.5 Å². The second-order valence-corrected chi connectivity index (χ2v) is 8.12. The number of benzene rings is 1. The van der Waals surface area contributed by atoms with Crippen LogP contribution in [0, 0.1) is 18.8 Å². The quantitative estimate of drug-likeness (QED) is 0.867. The first-order chi connectivity index (χ1) is 9.93. The molecule has 3 unspecified atom stereocenters.